The Morgan fingerprint density at radius 1 is 1.25 bits per heavy atom. The molecule has 2 aromatic rings. The van der Waals surface area contributed by atoms with Crippen LogP contribution in [0.15, 0.2) is 28.8 Å². The second kappa shape index (κ2) is 7.03. The van der Waals surface area contributed by atoms with E-state index in [9.17, 15) is 4.79 Å². The molecule has 0 aliphatic carbocycles. The van der Waals surface area contributed by atoms with Gasteiger partial charge in [-0.3, -0.25) is 4.79 Å². The van der Waals surface area contributed by atoms with E-state index in [-0.39, 0.29) is 11.9 Å². The Hall–Kier alpha value is -2.37. The summed E-state index contributed by atoms with van der Waals surface area (Å²) >= 11 is 0. The number of rotatable bonds is 5. The zero-order valence-electron chi connectivity index (χ0n) is 15.2. The molecule has 0 saturated heterocycles. The predicted octanol–water partition coefficient (Wildman–Crippen LogP) is 3.53. The smallest absolute Gasteiger partial charge is 0.246 e. The van der Waals surface area contributed by atoms with Crippen LogP contribution < -0.4 is 4.74 Å². The summed E-state index contributed by atoms with van der Waals surface area (Å²) in [6.45, 7) is 9.97. The van der Waals surface area contributed by atoms with Gasteiger partial charge in [-0.25, -0.2) is 0 Å². The normalized spacial score (nSPS) is 11.6. The van der Waals surface area contributed by atoms with Crippen molar-refractivity contribution in [3.05, 3.63) is 30.2 Å². The first-order valence-electron chi connectivity index (χ1n) is 8.00. The van der Waals surface area contributed by atoms with Gasteiger partial charge in [0.25, 0.3) is 0 Å². The summed E-state index contributed by atoms with van der Waals surface area (Å²) in [6.07, 6.45) is 0. The largest absolute Gasteiger partial charge is 0.497 e. The molecule has 1 amide bonds. The van der Waals surface area contributed by atoms with E-state index in [0.29, 0.717) is 18.3 Å². The van der Waals surface area contributed by atoms with E-state index in [4.69, 9.17) is 9.26 Å². The summed E-state index contributed by atoms with van der Waals surface area (Å²) in [6, 6.07) is 7.47. The molecule has 0 aliphatic heterocycles. The van der Waals surface area contributed by atoms with Gasteiger partial charge in [-0.2, -0.15) is 4.98 Å². The summed E-state index contributed by atoms with van der Waals surface area (Å²) in [5.41, 5.74) is 0.382. The molecule has 1 heterocycles. The third-order valence-corrected chi connectivity index (χ3v) is 3.65. The first kappa shape index (κ1) is 18.0. The molecule has 0 atom stereocenters. The molecule has 0 radical (unpaired) electrons. The molecule has 130 valence electrons. The zero-order valence-corrected chi connectivity index (χ0v) is 15.2. The molecule has 0 fully saturated rings. The second-order valence-corrected chi connectivity index (χ2v) is 7.02. The summed E-state index contributed by atoms with van der Waals surface area (Å²) in [5.74, 6) is 1.75. The molecule has 24 heavy (non-hydrogen) atoms. The van der Waals surface area contributed by atoms with Gasteiger partial charge in [0.05, 0.1) is 7.11 Å². The summed E-state index contributed by atoms with van der Waals surface area (Å²) in [7, 11) is 1.62. The van der Waals surface area contributed by atoms with Crippen LogP contribution in [0.1, 0.15) is 40.5 Å². The van der Waals surface area contributed by atoms with Crippen LogP contribution in [0.25, 0.3) is 11.4 Å². The van der Waals surface area contributed by atoms with Crippen molar-refractivity contribution in [2.24, 2.45) is 5.41 Å². The number of nitrogens with zero attached hydrogens (tertiary/aromatic N) is 3. The van der Waals surface area contributed by atoms with Crippen molar-refractivity contribution in [2.75, 3.05) is 7.11 Å². The molecule has 0 aliphatic rings. The molecule has 0 spiro atoms. The predicted molar refractivity (Wildman–Crippen MR) is 91.4 cm³/mol. The SMILES string of the molecule is COc1ccc(-c2noc(CN(C(=O)C(C)(C)C)C(C)C)n2)cc1. The number of ether oxygens (including phenoxy) is 1. The number of aromatic nitrogens is 2. The minimum absolute atomic E-state index is 0.0491. The van der Waals surface area contributed by atoms with E-state index in [1.54, 1.807) is 12.0 Å². The van der Waals surface area contributed by atoms with Crippen LogP contribution in [0.2, 0.25) is 0 Å². The van der Waals surface area contributed by atoms with Crippen molar-refractivity contribution in [3.63, 3.8) is 0 Å². The van der Waals surface area contributed by atoms with Crippen molar-refractivity contribution < 1.29 is 14.1 Å². The van der Waals surface area contributed by atoms with Gasteiger partial charge < -0.3 is 14.2 Å². The highest BCUT2D eigenvalue weighted by molar-refractivity contribution is 5.81. The Morgan fingerprint density at radius 3 is 2.38 bits per heavy atom. The fourth-order valence-corrected chi connectivity index (χ4v) is 2.24. The number of methoxy groups -OCH3 is 1. The third-order valence-electron chi connectivity index (χ3n) is 3.65. The van der Waals surface area contributed by atoms with Crippen molar-refractivity contribution in [1.82, 2.24) is 15.0 Å². The highest BCUT2D eigenvalue weighted by atomic mass is 16.5. The number of hydrogen-bond donors (Lipinski definition) is 0. The Morgan fingerprint density at radius 2 is 1.88 bits per heavy atom. The Balaban J connectivity index is 2.18. The summed E-state index contributed by atoms with van der Waals surface area (Å²) < 4.78 is 10.5. The molecular formula is C18H25N3O3. The van der Waals surface area contributed by atoms with Crippen molar-refractivity contribution in [1.29, 1.82) is 0 Å². The van der Waals surface area contributed by atoms with Crippen LogP contribution in [0.3, 0.4) is 0 Å². The number of hydrogen-bond acceptors (Lipinski definition) is 5. The number of benzene rings is 1. The fourth-order valence-electron chi connectivity index (χ4n) is 2.24. The van der Waals surface area contributed by atoms with Crippen LogP contribution in [-0.2, 0) is 11.3 Å². The van der Waals surface area contributed by atoms with E-state index >= 15 is 0 Å². The maximum atomic E-state index is 12.6. The summed E-state index contributed by atoms with van der Waals surface area (Å²) in [4.78, 5) is 18.7. The topological polar surface area (TPSA) is 68.5 Å². The maximum Gasteiger partial charge on any atom is 0.246 e. The van der Waals surface area contributed by atoms with Crippen molar-refractivity contribution in [2.45, 2.75) is 47.2 Å². The van der Waals surface area contributed by atoms with E-state index < -0.39 is 5.41 Å². The molecule has 6 heteroatoms. The monoisotopic (exact) mass is 331 g/mol. The first-order chi connectivity index (χ1) is 11.2. The molecule has 6 nitrogen and oxygen atoms in total. The first-order valence-corrected chi connectivity index (χ1v) is 8.00. The van der Waals surface area contributed by atoms with Crippen LogP contribution in [0.5, 0.6) is 5.75 Å². The maximum absolute atomic E-state index is 12.6. The number of carbonyl (C=O) groups is 1. The minimum atomic E-state index is -0.455. The quantitative estimate of drug-likeness (QED) is 0.838. The molecule has 0 N–H and O–H groups in total. The molecule has 0 unspecified atom stereocenters. The third kappa shape index (κ3) is 4.13. The van der Waals surface area contributed by atoms with Gasteiger partial charge in [0.2, 0.25) is 17.6 Å². The fraction of sp³-hybridized carbons (Fsp3) is 0.500. The Bertz CT molecular complexity index is 684. The highest BCUT2D eigenvalue weighted by Crippen LogP contribution is 2.23. The minimum Gasteiger partial charge on any atom is -0.497 e. The van der Waals surface area contributed by atoms with Gasteiger partial charge in [-0.1, -0.05) is 25.9 Å². The van der Waals surface area contributed by atoms with Gasteiger partial charge in [-0.05, 0) is 38.1 Å². The van der Waals surface area contributed by atoms with Gasteiger partial charge in [-0.15, -0.1) is 0 Å². The van der Waals surface area contributed by atoms with E-state index in [1.165, 1.54) is 0 Å². The van der Waals surface area contributed by atoms with E-state index in [1.807, 2.05) is 58.9 Å². The van der Waals surface area contributed by atoms with Crippen LogP contribution in [0.4, 0.5) is 0 Å². The van der Waals surface area contributed by atoms with E-state index in [0.717, 1.165) is 11.3 Å². The van der Waals surface area contributed by atoms with Gasteiger partial charge in [0.15, 0.2) is 0 Å². The van der Waals surface area contributed by atoms with Gasteiger partial charge in [0.1, 0.15) is 12.3 Å². The molecule has 1 aromatic heterocycles. The lowest BCUT2D eigenvalue weighted by Crippen LogP contribution is -2.43. The standard InChI is InChI=1S/C18H25N3O3/c1-12(2)21(17(22)18(3,4)5)11-15-19-16(20-24-15)13-7-9-14(23-6)10-8-13/h7-10,12H,11H2,1-6H3. The molecule has 0 bridgehead atoms. The van der Waals surface area contributed by atoms with Crippen LogP contribution in [0, 0.1) is 5.41 Å². The van der Waals surface area contributed by atoms with Crippen molar-refractivity contribution in [3.8, 4) is 17.1 Å². The molecule has 0 saturated carbocycles. The zero-order chi connectivity index (χ0) is 17.9. The van der Waals surface area contributed by atoms with E-state index in [2.05, 4.69) is 10.1 Å². The molecule has 1 aromatic carbocycles. The van der Waals surface area contributed by atoms with Gasteiger partial charge >= 0.3 is 0 Å². The van der Waals surface area contributed by atoms with Crippen LogP contribution in [-0.4, -0.2) is 34.1 Å². The Kier molecular flexibility index (Phi) is 5.26. The lowest BCUT2D eigenvalue weighted by atomic mass is 9.94. The second-order valence-electron chi connectivity index (χ2n) is 7.02. The Labute approximate surface area is 142 Å². The molecular weight excluding hydrogens is 306 g/mol. The lowest BCUT2D eigenvalue weighted by molar-refractivity contribution is -0.142. The average molecular weight is 331 g/mol. The number of carbonyl (C=O) groups excluding carboxylic acids is 1. The number of amides is 1. The van der Waals surface area contributed by atoms with Crippen LogP contribution >= 0.6 is 0 Å². The molecule has 2 rings (SSSR count). The average Bonchev–Trinajstić information content (AvgIpc) is 2.99. The highest BCUT2D eigenvalue weighted by Gasteiger charge is 2.30. The van der Waals surface area contributed by atoms with Gasteiger partial charge in [0, 0.05) is 17.0 Å². The summed E-state index contributed by atoms with van der Waals surface area (Å²) in [5, 5.41) is 4.01. The lowest BCUT2D eigenvalue weighted by Gasteiger charge is -2.31. The van der Waals surface area contributed by atoms with Crippen molar-refractivity contribution >= 4 is 5.91 Å².